The zero-order valence-corrected chi connectivity index (χ0v) is 21.0. The summed E-state index contributed by atoms with van der Waals surface area (Å²) in [7, 11) is -2.43. The molecule has 5 nitrogen and oxygen atoms in total. The van der Waals surface area contributed by atoms with Crippen molar-refractivity contribution >= 4 is 26.6 Å². The molecule has 37 heavy (non-hydrogen) atoms. The standard InChI is InChI=1S/C30H25FN2O3S/c1-3-7-22-21-33(30-11-5-4-10-29(22)30)25-16-18-26(19-17-25)36-27-8-6-9-28(20-27)37(34,35)32(2)24-14-12-23(31)13-15-24/h3-6,8-21H,1,7H2,2H3. The summed E-state index contributed by atoms with van der Waals surface area (Å²) in [4.78, 5) is 0.0713. The Kier molecular flexibility index (Phi) is 6.54. The van der Waals surface area contributed by atoms with E-state index in [2.05, 4.69) is 29.5 Å². The summed E-state index contributed by atoms with van der Waals surface area (Å²) in [5.74, 6) is 0.534. The molecule has 0 radical (unpaired) electrons. The van der Waals surface area contributed by atoms with E-state index in [0.29, 0.717) is 17.2 Å². The van der Waals surface area contributed by atoms with Crippen molar-refractivity contribution in [1.82, 2.24) is 4.57 Å². The van der Waals surface area contributed by atoms with E-state index in [1.165, 1.54) is 54.4 Å². The van der Waals surface area contributed by atoms with Gasteiger partial charge in [-0.15, -0.1) is 6.58 Å². The van der Waals surface area contributed by atoms with Gasteiger partial charge in [0.05, 0.1) is 16.1 Å². The Morgan fingerprint density at radius 1 is 0.919 bits per heavy atom. The lowest BCUT2D eigenvalue weighted by Gasteiger charge is -2.20. The third-order valence-corrected chi connectivity index (χ3v) is 7.94. The minimum atomic E-state index is -3.87. The Labute approximate surface area is 215 Å². The molecule has 0 spiro atoms. The third-order valence-electron chi connectivity index (χ3n) is 6.16. The molecule has 0 saturated carbocycles. The van der Waals surface area contributed by atoms with Crippen LogP contribution in [0.15, 0.2) is 121 Å². The summed E-state index contributed by atoms with van der Waals surface area (Å²) in [6.45, 7) is 3.87. The van der Waals surface area contributed by atoms with Gasteiger partial charge in [0.25, 0.3) is 10.0 Å². The van der Waals surface area contributed by atoms with Crippen molar-refractivity contribution in [3.05, 3.63) is 127 Å². The molecular formula is C30H25FN2O3S. The number of hydrogen-bond acceptors (Lipinski definition) is 3. The maximum absolute atomic E-state index is 13.3. The molecule has 0 fully saturated rings. The zero-order chi connectivity index (χ0) is 26.0. The van der Waals surface area contributed by atoms with Gasteiger partial charge in [-0.25, -0.2) is 12.8 Å². The van der Waals surface area contributed by atoms with Crippen LogP contribution in [0.2, 0.25) is 0 Å². The summed E-state index contributed by atoms with van der Waals surface area (Å²) in [6.07, 6.45) is 4.80. The highest BCUT2D eigenvalue weighted by Crippen LogP contribution is 2.30. The molecule has 0 atom stereocenters. The largest absolute Gasteiger partial charge is 0.457 e. The quantitative estimate of drug-likeness (QED) is 0.208. The van der Waals surface area contributed by atoms with E-state index in [0.717, 1.165) is 21.9 Å². The number of aromatic nitrogens is 1. The van der Waals surface area contributed by atoms with Crippen molar-refractivity contribution in [2.75, 3.05) is 11.4 Å². The van der Waals surface area contributed by atoms with Gasteiger partial charge in [0, 0.05) is 30.4 Å². The lowest BCUT2D eigenvalue weighted by molar-refractivity contribution is 0.480. The minimum absolute atomic E-state index is 0.0713. The Morgan fingerprint density at radius 2 is 1.65 bits per heavy atom. The second-order valence-electron chi connectivity index (χ2n) is 8.55. The lowest BCUT2D eigenvalue weighted by Crippen LogP contribution is -2.26. The Bertz CT molecular complexity index is 1670. The van der Waals surface area contributed by atoms with Crippen LogP contribution < -0.4 is 9.04 Å². The average Bonchev–Trinajstić information content (AvgIpc) is 3.28. The Balaban J connectivity index is 1.38. The summed E-state index contributed by atoms with van der Waals surface area (Å²) < 4.78 is 48.8. The van der Waals surface area contributed by atoms with Gasteiger partial charge < -0.3 is 9.30 Å². The number of nitrogens with zero attached hydrogens (tertiary/aromatic N) is 2. The second-order valence-corrected chi connectivity index (χ2v) is 10.5. The fourth-order valence-corrected chi connectivity index (χ4v) is 5.47. The van der Waals surface area contributed by atoms with Crippen LogP contribution in [0.1, 0.15) is 5.56 Å². The van der Waals surface area contributed by atoms with Gasteiger partial charge in [-0.05, 0) is 78.7 Å². The first kappa shape index (κ1) is 24.3. The molecule has 0 unspecified atom stereocenters. The van der Waals surface area contributed by atoms with Crippen molar-refractivity contribution in [2.45, 2.75) is 11.3 Å². The van der Waals surface area contributed by atoms with Crippen molar-refractivity contribution in [2.24, 2.45) is 0 Å². The lowest BCUT2D eigenvalue weighted by atomic mass is 10.1. The molecule has 186 valence electrons. The predicted molar refractivity (Wildman–Crippen MR) is 146 cm³/mol. The van der Waals surface area contributed by atoms with E-state index in [9.17, 15) is 12.8 Å². The van der Waals surface area contributed by atoms with Crippen LogP contribution in [0, 0.1) is 5.82 Å². The number of anilines is 1. The first-order valence-electron chi connectivity index (χ1n) is 11.7. The Hall–Kier alpha value is -4.36. The van der Waals surface area contributed by atoms with Crippen molar-refractivity contribution in [1.29, 1.82) is 0 Å². The second kappa shape index (κ2) is 9.95. The van der Waals surface area contributed by atoms with E-state index in [1.54, 1.807) is 12.1 Å². The zero-order valence-electron chi connectivity index (χ0n) is 20.2. The molecule has 7 heteroatoms. The molecule has 1 aromatic heterocycles. The smallest absolute Gasteiger partial charge is 0.264 e. The van der Waals surface area contributed by atoms with E-state index in [-0.39, 0.29) is 4.90 Å². The van der Waals surface area contributed by atoms with Gasteiger partial charge in [-0.2, -0.15) is 0 Å². The fourth-order valence-electron chi connectivity index (χ4n) is 4.24. The molecule has 0 aliphatic heterocycles. The van der Waals surface area contributed by atoms with Crippen molar-refractivity contribution in [3.8, 4) is 17.2 Å². The minimum Gasteiger partial charge on any atom is -0.457 e. The summed E-state index contributed by atoms with van der Waals surface area (Å²) in [6, 6.07) is 27.5. The number of sulfonamides is 1. The van der Waals surface area contributed by atoms with Crippen LogP contribution in [0.4, 0.5) is 10.1 Å². The molecule has 0 saturated heterocycles. The molecule has 0 bridgehead atoms. The van der Waals surface area contributed by atoms with Crippen LogP contribution in [0.25, 0.3) is 16.6 Å². The molecule has 5 aromatic rings. The highest BCUT2D eigenvalue weighted by molar-refractivity contribution is 7.92. The molecule has 0 amide bonds. The van der Waals surface area contributed by atoms with Gasteiger partial charge in [0.15, 0.2) is 0 Å². The fraction of sp³-hybridized carbons (Fsp3) is 0.0667. The van der Waals surface area contributed by atoms with E-state index < -0.39 is 15.8 Å². The van der Waals surface area contributed by atoms with Crippen LogP contribution in [-0.2, 0) is 16.4 Å². The number of hydrogen-bond donors (Lipinski definition) is 0. The monoisotopic (exact) mass is 512 g/mol. The Morgan fingerprint density at radius 3 is 2.38 bits per heavy atom. The molecule has 0 aliphatic carbocycles. The average molecular weight is 513 g/mol. The molecule has 0 N–H and O–H groups in total. The number of fused-ring (bicyclic) bond motifs is 1. The maximum atomic E-state index is 13.3. The number of halogens is 1. The van der Waals surface area contributed by atoms with Gasteiger partial charge in [-0.3, -0.25) is 4.31 Å². The number of ether oxygens (including phenoxy) is 1. The summed E-state index contributed by atoms with van der Waals surface area (Å²) >= 11 is 0. The van der Waals surface area contributed by atoms with Crippen LogP contribution in [-0.4, -0.2) is 20.0 Å². The van der Waals surface area contributed by atoms with Crippen LogP contribution >= 0.6 is 0 Å². The van der Waals surface area contributed by atoms with Crippen molar-refractivity contribution in [3.63, 3.8) is 0 Å². The van der Waals surface area contributed by atoms with Crippen molar-refractivity contribution < 1.29 is 17.5 Å². The molecule has 5 rings (SSSR count). The van der Waals surface area contributed by atoms with E-state index >= 15 is 0 Å². The molecule has 0 aliphatic rings. The van der Waals surface area contributed by atoms with Gasteiger partial charge in [0.1, 0.15) is 17.3 Å². The number of para-hydroxylation sites is 1. The molecule has 4 aromatic carbocycles. The van der Waals surface area contributed by atoms with Crippen LogP contribution in [0.3, 0.4) is 0 Å². The van der Waals surface area contributed by atoms with Gasteiger partial charge >= 0.3 is 0 Å². The first-order chi connectivity index (χ1) is 17.9. The van der Waals surface area contributed by atoms with Crippen LogP contribution in [0.5, 0.6) is 11.5 Å². The summed E-state index contributed by atoms with van der Waals surface area (Å²) in [5.41, 5.74) is 3.65. The molecule has 1 heterocycles. The van der Waals surface area contributed by atoms with Gasteiger partial charge in [0.2, 0.25) is 0 Å². The third kappa shape index (κ3) is 4.86. The molecular weight excluding hydrogens is 487 g/mol. The number of allylic oxidation sites excluding steroid dienone is 1. The summed E-state index contributed by atoms with van der Waals surface area (Å²) in [5, 5.41) is 1.19. The van der Waals surface area contributed by atoms with Gasteiger partial charge in [-0.1, -0.05) is 30.3 Å². The maximum Gasteiger partial charge on any atom is 0.264 e. The van der Waals surface area contributed by atoms with E-state index in [4.69, 9.17) is 4.74 Å². The highest BCUT2D eigenvalue weighted by Gasteiger charge is 2.22. The SMILES string of the molecule is C=CCc1cn(-c2ccc(Oc3cccc(S(=O)(=O)N(C)c4ccc(F)cc4)c3)cc2)c2ccccc12. The first-order valence-corrected chi connectivity index (χ1v) is 13.1. The normalized spacial score (nSPS) is 11.4. The number of rotatable bonds is 8. The van der Waals surface area contributed by atoms with E-state index in [1.807, 2.05) is 42.5 Å². The topological polar surface area (TPSA) is 51.5 Å². The predicted octanol–water partition coefficient (Wildman–Crippen LogP) is 7.12. The number of benzene rings is 4. The highest BCUT2D eigenvalue weighted by atomic mass is 32.2.